The number of aryl methyl sites for hydroxylation is 1. The number of benzene rings is 2. The third-order valence-corrected chi connectivity index (χ3v) is 6.52. The maximum Gasteiger partial charge on any atom is 0.237 e. The number of para-hydroxylation sites is 1. The molecule has 1 aromatic heterocycles. The van der Waals surface area contributed by atoms with Gasteiger partial charge in [-0.1, -0.05) is 58.0 Å². The number of nitrogens with two attached hydrogens (primary N) is 1. The Balaban J connectivity index is 1.51. The van der Waals surface area contributed by atoms with Gasteiger partial charge < -0.3 is 10.7 Å². The quantitative estimate of drug-likeness (QED) is 0.474. The first-order chi connectivity index (χ1) is 13.6. The molecule has 8 heteroatoms. The van der Waals surface area contributed by atoms with Crippen molar-refractivity contribution in [3.63, 3.8) is 0 Å². The second kappa shape index (κ2) is 7.97. The average molecular weight is 458 g/mol. The maximum absolute atomic E-state index is 13.0. The van der Waals surface area contributed by atoms with Gasteiger partial charge in [0.25, 0.3) is 0 Å². The minimum atomic E-state index is 0.0510. The minimum absolute atomic E-state index is 0.0510. The number of fused-ring (bicyclic) bond motifs is 1. The largest absolute Gasteiger partial charge is 0.335 e. The molecule has 1 aliphatic heterocycles. The van der Waals surface area contributed by atoms with Crippen LogP contribution >= 0.6 is 27.7 Å². The van der Waals surface area contributed by atoms with Crippen molar-refractivity contribution in [3.8, 4) is 11.4 Å². The van der Waals surface area contributed by atoms with Gasteiger partial charge in [0.15, 0.2) is 5.82 Å². The summed E-state index contributed by atoms with van der Waals surface area (Å²) in [5, 5.41) is 8.88. The third-order valence-electron chi connectivity index (χ3n) is 4.90. The van der Waals surface area contributed by atoms with Crippen molar-refractivity contribution < 1.29 is 4.79 Å². The molecule has 28 heavy (non-hydrogen) atoms. The molecule has 1 amide bonds. The van der Waals surface area contributed by atoms with Crippen molar-refractivity contribution in [1.82, 2.24) is 14.9 Å². The van der Waals surface area contributed by atoms with Crippen molar-refractivity contribution in [2.45, 2.75) is 31.0 Å². The minimum Gasteiger partial charge on any atom is -0.335 e. The topological polar surface area (TPSA) is 77.0 Å². The maximum atomic E-state index is 13.0. The number of aromatic nitrogens is 3. The van der Waals surface area contributed by atoms with Gasteiger partial charge in [-0.15, -0.1) is 10.2 Å². The zero-order chi connectivity index (χ0) is 19.7. The van der Waals surface area contributed by atoms with Crippen molar-refractivity contribution in [3.05, 3.63) is 58.6 Å². The number of nitrogens with zero attached hydrogens (tertiary/aromatic N) is 4. The van der Waals surface area contributed by atoms with Gasteiger partial charge in [-0.05, 0) is 43.5 Å². The van der Waals surface area contributed by atoms with Gasteiger partial charge in [0, 0.05) is 21.8 Å². The predicted molar refractivity (Wildman–Crippen MR) is 116 cm³/mol. The van der Waals surface area contributed by atoms with E-state index in [0.29, 0.717) is 11.0 Å². The number of carbonyl (C=O) groups is 1. The zero-order valence-electron chi connectivity index (χ0n) is 15.4. The molecule has 0 aliphatic carbocycles. The van der Waals surface area contributed by atoms with Crippen molar-refractivity contribution in [1.29, 1.82) is 0 Å². The lowest BCUT2D eigenvalue weighted by atomic mass is 9.97. The molecule has 3 aromatic rings. The highest BCUT2D eigenvalue weighted by Crippen LogP contribution is 2.32. The van der Waals surface area contributed by atoms with Gasteiger partial charge in [-0.25, -0.2) is 4.68 Å². The Hall–Kier alpha value is -2.32. The van der Waals surface area contributed by atoms with E-state index in [2.05, 4.69) is 39.1 Å². The van der Waals surface area contributed by atoms with Crippen molar-refractivity contribution >= 4 is 39.3 Å². The summed E-state index contributed by atoms with van der Waals surface area (Å²) in [4.78, 5) is 14.9. The van der Waals surface area contributed by atoms with Gasteiger partial charge in [-0.2, -0.15) is 0 Å². The second-order valence-electron chi connectivity index (χ2n) is 6.72. The van der Waals surface area contributed by atoms with Crippen molar-refractivity contribution in [2.75, 3.05) is 16.5 Å². The van der Waals surface area contributed by atoms with Crippen LogP contribution < -0.4 is 10.7 Å². The van der Waals surface area contributed by atoms with Crippen LogP contribution in [0.2, 0.25) is 0 Å². The van der Waals surface area contributed by atoms with E-state index in [1.807, 2.05) is 47.4 Å². The molecule has 4 rings (SSSR count). The molecule has 0 saturated heterocycles. The number of halogens is 1. The highest BCUT2D eigenvalue weighted by atomic mass is 79.9. The number of carbonyl (C=O) groups excluding carboxylic acids is 1. The molecule has 6 nitrogen and oxygen atoms in total. The number of thioether (sulfide) groups is 1. The number of anilines is 1. The molecule has 2 N–H and O–H groups in total. The first-order valence-corrected chi connectivity index (χ1v) is 10.8. The summed E-state index contributed by atoms with van der Waals surface area (Å²) < 4.78 is 2.33. The molecule has 1 unspecified atom stereocenters. The lowest BCUT2D eigenvalue weighted by Crippen LogP contribution is -2.43. The molecule has 0 spiro atoms. The lowest BCUT2D eigenvalue weighted by Gasteiger charge is -2.35. The molecular weight excluding hydrogens is 438 g/mol. The molecule has 1 aliphatic rings. The number of hydrogen-bond donors (Lipinski definition) is 1. The Morgan fingerprint density at radius 3 is 2.79 bits per heavy atom. The third kappa shape index (κ3) is 3.54. The molecule has 0 fully saturated rings. The Labute approximate surface area is 176 Å². The van der Waals surface area contributed by atoms with E-state index in [9.17, 15) is 4.79 Å². The van der Waals surface area contributed by atoms with Crippen LogP contribution in [0.5, 0.6) is 0 Å². The highest BCUT2D eigenvalue weighted by Gasteiger charge is 2.28. The Morgan fingerprint density at radius 1 is 1.21 bits per heavy atom. The van der Waals surface area contributed by atoms with Gasteiger partial charge in [0.1, 0.15) is 0 Å². The molecule has 2 aromatic carbocycles. The monoisotopic (exact) mass is 457 g/mol. The average Bonchev–Trinajstić information content (AvgIpc) is 3.06. The summed E-state index contributed by atoms with van der Waals surface area (Å²) in [6.45, 7) is 2.09. The summed E-state index contributed by atoms with van der Waals surface area (Å²) >= 11 is 4.81. The summed E-state index contributed by atoms with van der Waals surface area (Å²) in [7, 11) is 0. The van der Waals surface area contributed by atoms with E-state index < -0.39 is 0 Å². The number of amides is 1. The first-order valence-electron chi connectivity index (χ1n) is 9.04. The van der Waals surface area contributed by atoms with Gasteiger partial charge in [0.05, 0.1) is 5.75 Å². The molecule has 0 saturated carbocycles. The summed E-state index contributed by atoms with van der Waals surface area (Å²) in [5.41, 5.74) is 3.08. The van der Waals surface area contributed by atoms with Gasteiger partial charge in [0.2, 0.25) is 11.1 Å². The first kappa shape index (κ1) is 19.0. The zero-order valence-corrected chi connectivity index (χ0v) is 17.8. The SMILES string of the molecule is CC1CCc2ccccc2N1C(=O)CSc1nnc(-c2ccccc2Br)n1N. The number of hydrogen-bond acceptors (Lipinski definition) is 5. The Morgan fingerprint density at radius 2 is 1.96 bits per heavy atom. The van der Waals surface area contributed by atoms with E-state index >= 15 is 0 Å². The highest BCUT2D eigenvalue weighted by molar-refractivity contribution is 9.10. The molecule has 1 atom stereocenters. The van der Waals surface area contributed by atoms with Crippen molar-refractivity contribution in [2.24, 2.45) is 0 Å². The lowest BCUT2D eigenvalue weighted by molar-refractivity contribution is -0.116. The van der Waals surface area contributed by atoms with Crippen LogP contribution in [0.4, 0.5) is 5.69 Å². The Bertz CT molecular complexity index is 1020. The van der Waals surface area contributed by atoms with E-state index in [4.69, 9.17) is 5.84 Å². The van der Waals surface area contributed by atoms with Gasteiger partial charge in [-0.3, -0.25) is 4.79 Å². The number of rotatable bonds is 4. The van der Waals surface area contributed by atoms with Crippen LogP contribution in [-0.4, -0.2) is 32.6 Å². The standard InChI is InChI=1S/C20H20BrN5OS/c1-13-10-11-14-6-2-5-9-17(14)25(13)18(27)12-28-20-24-23-19(26(20)22)15-7-3-4-8-16(15)21/h2-9,13H,10-12,22H2,1H3. The van der Waals surface area contributed by atoms with Crippen LogP contribution in [0.3, 0.4) is 0 Å². The van der Waals surface area contributed by atoms with Crippen LogP contribution in [-0.2, 0) is 11.2 Å². The molecule has 144 valence electrons. The second-order valence-corrected chi connectivity index (χ2v) is 8.52. The number of nitrogen functional groups attached to an aromatic ring is 1. The fraction of sp³-hybridized carbons (Fsp3) is 0.250. The summed E-state index contributed by atoms with van der Waals surface area (Å²) in [5.74, 6) is 7.06. The molecule has 0 radical (unpaired) electrons. The van der Waals surface area contributed by atoms with Crippen LogP contribution in [0.25, 0.3) is 11.4 Å². The van der Waals surface area contributed by atoms with E-state index in [0.717, 1.165) is 28.6 Å². The van der Waals surface area contributed by atoms with Crippen LogP contribution in [0.15, 0.2) is 58.2 Å². The van der Waals surface area contributed by atoms with Crippen LogP contribution in [0, 0.1) is 0 Å². The molecule has 0 bridgehead atoms. The summed E-state index contributed by atoms with van der Waals surface area (Å²) in [6, 6.07) is 16.0. The Kier molecular flexibility index (Phi) is 5.41. The van der Waals surface area contributed by atoms with E-state index in [-0.39, 0.29) is 17.7 Å². The fourth-order valence-corrected chi connectivity index (χ4v) is 4.64. The van der Waals surface area contributed by atoms with Gasteiger partial charge >= 0.3 is 0 Å². The molecular formula is C20H20BrN5OS. The smallest absolute Gasteiger partial charge is 0.237 e. The predicted octanol–water partition coefficient (Wildman–Crippen LogP) is 3.88. The molecule has 2 heterocycles. The van der Waals surface area contributed by atoms with Crippen LogP contribution in [0.1, 0.15) is 18.9 Å². The van der Waals surface area contributed by atoms with E-state index in [1.54, 1.807) is 0 Å². The normalized spacial score (nSPS) is 16.1. The summed E-state index contributed by atoms with van der Waals surface area (Å²) in [6.07, 6.45) is 1.97. The fourth-order valence-electron chi connectivity index (χ4n) is 3.47. The van der Waals surface area contributed by atoms with E-state index in [1.165, 1.54) is 22.0 Å².